The molecule has 1 heterocycles. The topological polar surface area (TPSA) is 91.9 Å². The van der Waals surface area contributed by atoms with Gasteiger partial charge in [-0.1, -0.05) is 18.2 Å². The fourth-order valence-electron chi connectivity index (χ4n) is 1.21. The monoisotopic (exact) mass is 251 g/mol. The molecule has 2 aromatic rings. The molecule has 6 nitrogen and oxygen atoms in total. The normalized spacial score (nSPS) is 11.1. The van der Waals surface area contributed by atoms with Gasteiger partial charge in [-0.05, 0) is 12.1 Å². The van der Waals surface area contributed by atoms with Crippen LogP contribution < -0.4 is 10.2 Å². The van der Waals surface area contributed by atoms with Crippen LogP contribution in [0.5, 0.6) is 0 Å². The highest BCUT2D eigenvalue weighted by molar-refractivity contribution is 7.92. The van der Waals surface area contributed by atoms with Crippen molar-refractivity contribution in [2.45, 2.75) is 4.90 Å². The summed E-state index contributed by atoms with van der Waals surface area (Å²) < 4.78 is 25.8. The van der Waals surface area contributed by atoms with Gasteiger partial charge in [-0.3, -0.25) is 14.6 Å². The van der Waals surface area contributed by atoms with Gasteiger partial charge in [0.15, 0.2) is 0 Å². The van der Waals surface area contributed by atoms with Gasteiger partial charge in [-0.15, -0.1) is 0 Å². The highest BCUT2D eigenvalue weighted by atomic mass is 32.2. The van der Waals surface area contributed by atoms with Crippen LogP contribution in [-0.4, -0.2) is 18.6 Å². The second-order valence-corrected chi connectivity index (χ2v) is 4.89. The number of sulfonamides is 1. The van der Waals surface area contributed by atoms with Crippen molar-refractivity contribution < 1.29 is 8.42 Å². The predicted molar refractivity (Wildman–Crippen MR) is 62.1 cm³/mol. The molecule has 0 saturated carbocycles. The zero-order chi connectivity index (χ0) is 12.3. The van der Waals surface area contributed by atoms with Crippen LogP contribution in [0.25, 0.3) is 0 Å². The maximum atomic E-state index is 11.8. The fraction of sp³-hybridized carbons (Fsp3) is 0. The number of hydrogen-bond donors (Lipinski definition) is 2. The predicted octanol–water partition coefficient (Wildman–Crippen LogP) is 0.571. The van der Waals surface area contributed by atoms with E-state index in [2.05, 4.69) is 14.9 Å². The average Bonchev–Trinajstić information content (AvgIpc) is 2.33. The number of aromatic amines is 1. The van der Waals surface area contributed by atoms with Gasteiger partial charge in [-0.25, -0.2) is 8.42 Å². The van der Waals surface area contributed by atoms with E-state index in [9.17, 15) is 13.2 Å². The lowest BCUT2D eigenvalue weighted by Gasteiger charge is -2.05. The Hall–Kier alpha value is -2.15. The van der Waals surface area contributed by atoms with E-state index in [-0.39, 0.29) is 10.7 Å². The molecule has 1 aromatic heterocycles. The third-order valence-corrected chi connectivity index (χ3v) is 3.36. The van der Waals surface area contributed by atoms with E-state index in [1.54, 1.807) is 18.2 Å². The van der Waals surface area contributed by atoms with Crippen molar-refractivity contribution >= 4 is 15.8 Å². The SMILES string of the molecule is O=c1cc[nH]nc1NS(=O)(=O)c1ccccc1. The molecule has 0 aliphatic heterocycles. The molecule has 0 saturated heterocycles. The van der Waals surface area contributed by atoms with Crippen LogP contribution >= 0.6 is 0 Å². The number of anilines is 1. The van der Waals surface area contributed by atoms with E-state index in [1.807, 2.05) is 0 Å². The first-order valence-corrected chi connectivity index (χ1v) is 6.20. The molecule has 17 heavy (non-hydrogen) atoms. The van der Waals surface area contributed by atoms with Crippen LogP contribution in [0.15, 0.2) is 52.3 Å². The summed E-state index contributed by atoms with van der Waals surface area (Å²) in [6.45, 7) is 0. The van der Waals surface area contributed by atoms with Gasteiger partial charge in [0, 0.05) is 12.3 Å². The van der Waals surface area contributed by atoms with Gasteiger partial charge in [-0.2, -0.15) is 5.10 Å². The van der Waals surface area contributed by atoms with Gasteiger partial charge in [0.2, 0.25) is 11.2 Å². The third kappa shape index (κ3) is 2.51. The van der Waals surface area contributed by atoms with Crippen molar-refractivity contribution in [2.24, 2.45) is 0 Å². The Morgan fingerprint density at radius 3 is 2.47 bits per heavy atom. The second-order valence-electron chi connectivity index (χ2n) is 3.21. The zero-order valence-electron chi connectivity index (χ0n) is 8.62. The Bertz CT molecular complexity index is 664. The first kappa shape index (κ1) is 11.3. The number of rotatable bonds is 3. The Morgan fingerprint density at radius 1 is 1.12 bits per heavy atom. The lowest BCUT2D eigenvalue weighted by atomic mass is 10.4. The fourth-order valence-corrected chi connectivity index (χ4v) is 2.24. The molecule has 88 valence electrons. The minimum absolute atomic E-state index is 0.0741. The summed E-state index contributed by atoms with van der Waals surface area (Å²) in [4.78, 5) is 11.4. The van der Waals surface area contributed by atoms with Gasteiger partial charge >= 0.3 is 0 Å². The minimum atomic E-state index is -3.77. The number of nitrogens with one attached hydrogen (secondary N) is 2. The molecule has 0 bridgehead atoms. The standard InChI is InChI=1S/C10H9N3O3S/c14-9-6-7-11-12-10(9)13-17(15,16)8-4-2-1-3-5-8/h1-7H,(H,11,14)(H,12,13). The Kier molecular flexibility index (Phi) is 2.92. The molecule has 2 N–H and O–H groups in total. The quantitative estimate of drug-likeness (QED) is 0.834. The molecule has 0 unspecified atom stereocenters. The summed E-state index contributed by atoms with van der Waals surface area (Å²) in [5.74, 6) is -0.253. The van der Waals surface area contributed by atoms with E-state index in [1.165, 1.54) is 24.4 Å². The largest absolute Gasteiger partial charge is 0.286 e. The van der Waals surface area contributed by atoms with Crippen LogP contribution in [0, 0.1) is 0 Å². The molecule has 0 amide bonds. The maximum Gasteiger partial charge on any atom is 0.263 e. The van der Waals surface area contributed by atoms with E-state index in [0.29, 0.717) is 0 Å². The summed E-state index contributed by atoms with van der Waals surface area (Å²) in [6.07, 6.45) is 1.32. The minimum Gasteiger partial charge on any atom is -0.286 e. The van der Waals surface area contributed by atoms with Gasteiger partial charge in [0.05, 0.1) is 4.90 Å². The van der Waals surface area contributed by atoms with E-state index >= 15 is 0 Å². The molecule has 0 radical (unpaired) electrons. The van der Waals surface area contributed by atoms with Gasteiger partial charge in [0.1, 0.15) is 0 Å². The van der Waals surface area contributed by atoms with Gasteiger partial charge in [0.25, 0.3) is 10.0 Å². The number of benzene rings is 1. The summed E-state index contributed by atoms with van der Waals surface area (Å²) in [7, 11) is -3.77. The lowest BCUT2D eigenvalue weighted by Crippen LogP contribution is -2.20. The molecule has 7 heteroatoms. The Morgan fingerprint density at radius 2 is 1.82 bits per heavy atom. The molecule has 0 spiro atoms. The van der Waals surface area contributed by atoms with Crippen molar-refractivity contribution in [1.82, 2.24) is 10.2 Å². The summed E-state index contributed by atoms with van der Waals surface area (Å²) in [5, 5.41) is 5.96. The number of aromatic nitrogens is 2. The second kappa shape index (κ2) is 4.38. The molecule has 1 aromatic carbocycles. The molecular weight excluding hydrogens is 242 g/mol. The molecule has 0 atom stereocenters. The lowest BCUT2D eigenvalue weighted by molar-refractivity contribution is 0.601. The van der Waals surface area contributed by atoms with Crippen molar-refractivity contribution in [3.63, 3.8) is 0 Å². The Labute approximate surface area is 97.4 Å². The van der Waals surface area contributed by atoms with Crippen molar-refractivity contribution in [1.29, 1.82) is 0 Å². The first-order chi connectivity index (χ1) is 8.09. The first-order valence-electron chi connectivity index (χ1n) is 4.71. The number of nitrogens with zero attached hydrogens (tertiary/aromatic N) is 1. The van der Waals surface area contributed by atoms with Crippen LogP contribution in [-0.2, 0) is 10.0 Å². The van der Waals surface area contributed by atoms with Crippen molar-refractivity contribution in [2.75, 3.05) is 4.72 Å². The molecule has 2 rings (SSSR count). The molecule has 0 aliphatic rings. The van der Waals surface area contributed by atoms with Crippen LogP contribution in [0.2, 0.25) is 0 Å². The Balaban J connectivity index is 2.37. The zero-order valence-corrected chi connectivity index (χ0v) is 9.44. The molecule has 0 aliphatic carbocycles. The van der Waals surface area contributed by atoms with Crippen LogP contribution in [0.4, 0.5) is 5.82 Å². The molecular formula is C10H9N3O3S. The third-order valence-electron chi connectivity index (χ3n) is 2.00. The van der Waals surface area contributed by atoms with Gasteiger partial charge < -0.3 is 0 Å². The van der Waals surface area contributed by atoms with Crippen molar-refractivity contribution in [3.05, 3.63) is 52.8 Å². The van der Waals surface area contributed by atoms with Crippen LogP contribution in [0.1, 0.15) is 0 Å². The number of H-pyrrole nitrogens is 1. The number of hydrogen-bond acceptors (Lipinski definition) is 4. The van der Waals surface area contributed by atoms with E-state index in [0.717, 1.165) is 0 Å². The summed E-state index contributed by atoms with van der Waals surface area (Å²) in [5.41, 5.74) is -0.497. The maximum absolute atomic E-state index is 11.8. The van der Waals surface area contributed by atoms with Crippen LogP contribution in [0.3, 0.4) is 0 Å². The summed E-state index contributed by atoms with van der Waals surface area (Å²) >= 11 is 0. The summed E-state index contributed by atoms with van der Waals surface area (Å²) in [6, 6.07) is 8.94. The van der Waals surface area contributed by atoms with E-state index < -0.39 is 15.5 Å². The smallest absolute Gasteiger partial charge is 0.263 e. The molecule has 0 fully saturated rings. The van der Waals surface area contributed by atoms with E-state index in [4.69, 9.17) is 0 Å². The van der Waals surface area contributed by atoms with Crippen molar-refractivity contribution in [3.8, 4) is 0 Å². The highest BCUT2D eigenvalue weighted by Gasteiger charge is 2.15. The highest BCUT2D eigenvalue weighted by Crippen LogP contribution is 2.10. The average molecular weight is 251 g/mol.